The molecule has 0 saturated heterocycles. The van der Waals surface area contributed by atoms with Gasteiger partial charge in [-0.1, -0.05) is 18.2 Å². The number of furan rings is 1. The number of para-hydroxylation sites is 1. The van der Waals surface area contributed by atoms with Gasteiger partial charge in [-0.05, 0) is 42.1 Å². The fourth-order valence-electron chi connectivity index (χ4n) is 2.42. The standard InChI is InChI=1S/C19H12N4O4S2/c24-18(12-4-3-5-13(10-12)23(25)26)22-20-11-14-8-9-17(27-14)29-19-21-15-6-1-2-7-16(15)28-19/h1-11H,(H,22,24). The Morgan fingerprint density at radius 2 is 2.07 bits per heavy atom. The quantitative estimate of drug-likeness (QED) is 0.273. The molecule has 0 unspecified atom stereocenters. The van der Waals surface area contributed by atoms with Gasteiger partial charge < -0.3 is 4.42 Å². The highest BCUT2D eigenvalue weighted by atomic mass is 32.2. The number of benzene rings is 2. The van der Waals surface area contributed by atoms with Crippen LogP contribution in [0.5, 0.6) is 0 Å². The number of hydrogen-bond donors (Lipinski definition) is 1. The molecule has 4 aromatic rings. The van der Waals surface area contributed by atoms with E-state index < -0.39 is 10.8 Å². The van der Waals surface area contributed by atoms with E-state index in [1.807, 2.05) is 24.3 Å². The molecule has 0 bridgehead atoms. The van der Waals surface area contributed by atoms with E-state index in [1.165, 1.54) is 42.2 Å². The molecule has 0 atom stereocenters. The fraction of sp³-hybridized carbons (Fsp3) is 0. The summed E-state index contributed by atoms with van der Waals surface area (Å²) in [5.74, 6) is -0.103. The van der Waals surface area contributed by atoms with E-state index in [9.17, 15) is 14.9 Å². The van der Waals surface area contributed by atoms with Gasteiger partial charge in [0.1, 0.15) is 5.76 Å². The first-order valence-corrected chi connectivity index (χ1v) is 9.93. The third-order valence-corrected chi connectivity index (χ3v) is 5.76. The van der Waals surface area contributed by atoms with Crippen molar-refractivity contribution >= 4 is 51.1 Å². The van der Waals surface area contributed by atoms with Crippen LogP contribution < -0.4 is 5.43 Å². The molecule has 0 aliphatic heterocycles. The first kappa shape index (κ1) is 18.8. The Morgan fingerprint density at radius 1 is 1.21 bits per heavy atom. The Labute approximate surface area is 172 Å². The van der Waals surface area contributed by atoms with Crippen molar-refractivity contribution in [2.45, 2.75) is 9.43 Å². The summed E-state index contributed by atoms with van der Waals surface area (Å²) in [7, 11) is 0. The number of thiazole rings is 1. The van der Waals surface area contributed by atoms with Crippen molar-refractivity contribution < 1.29 is 14.1 Å². The number of amides is 1. The van der Waals surface area contributed by atoms with E-state index in [4.69, 9.17) is 4.42 Å². The highest BCUT2D eigenvalue weighted by Crippen LogP contribution is 2.34. The van der Waals surface area contributed by atoms with Crippen molar-refractivity contribution in [1.82, 2.24) is 10.4 Å². The molecule has 0 saturated carbocycles. The number of aromatic nitrogens is 1. The number of nitrogens with one attached hydrogen (secondary N) is 1. The summed E-state index contributed by atoms with van der Waals surface area (Å²) >= 11 is 2.98. The average Bonchev–Trinajstić information content (AvgIpc) is 3.34. The van der Waals surface area contributed by atoms with Crippen molar-refractivity contribution in [3.8, 4) is 0 Å². The summed E-state index contributed by atoms with van der Waals surface area (Å²) in [5.41, 5.74) is 3.24. The van der Waals surface area contributed by atoms with Gasteiger partial charge >= 0.3 is 0 Å². The molecule has 29 heavy (non-hydrogen) atoms. The highest BCUT2D eigenvalue weighted by Gasteiger charge is 2.11. The minimum atomic E-state index is -0.562. The van der Waals surface area contributed by atoms with Gasteiger partial charge in [-0.25, -0.2) is 10.4 Å². The smallest absolute Gasteiger partial charge is 0.271 e. The molecule has 1 amide bonds. The van der Waals surface area contributed by atoms with Gasteiger partial charge in [-0.15, -0.1) is 11.3 Å². The second-order valence-corrected chi connectivity index (χ2v) is 8.00. The Bertz CT molecular complexity index is 1200. The number of rotatable bonds is 6. The van der Waals surface area contributed by atoms with Crippen LogP contribution in [0.4, 0.5) is 5.69 Å². The monoisotopic (exact) mass is 424 g/mol. The van der Waals surface area contributed by atoms with Crippen molar-refractivity contribution in [3.63, 3.8) is 0 Å². The van der Waals surface area contributed by atoms with E-state index in [0.29, 0.717) is 10.9 Å². The van der Waals surface area contributed by atoms with Crippen LogP contribution in [0, 0.1) is 10.1 Å². The zero-order chi connectivity index (χ0) is 20.2. The summed E-state index contributed by atoms with van der Waals surface area (Å²) in [6.07, 6.45) is 1.36. The summed E-state index contributed by atoms with van der Waals surface area (Å²) in [4.78, 5) is 26.8. The lowest BCUT2D eigenvalue weighted by Gasteiger charge is -1.99. The number of hydrogen-bond acceptors (Lipinski definition) is 8. The van der Waals surface area contributed by atoms with Crippen LogP contribution in [0.3, 0.4) is 0 Å². The summed E-state index contributed by atoms with van der Waals surface area (Å²) < 4.78 is 7.63. The Hall–Kier alpha value is -3.50. The topological polar surface area (TPSA) is 111 Å². The molecule has 1 N–H and O–H groups in total. The molecular formula is C19H12N4O4S2. The largest absolute Gasteiger partial charge is 0.448 e. The second kappa shape index (κ2) is 8.25. The van der Waals surface area contributed by atoms with Gasteiger partial charge in [-0.3, -0.25) is 14.9 Å². The molecule has 2 aromatic heterocycles. The fourth-order valence-corrected chi connectivity index (χ4v) is 4.39. The zero-order valence-electron chi connectivity index (χ0n) is 14.6. The third kappa shape index (κ3) is 4.50. The van der Waals surface area contributed by atoms with Gasteiger partial charge in [0, 0.05) is 17.7 Å². The summed E-state index contributed by atoms with van der Waals surface area (Å²) in [5, 5.41) is 15.3. The van der Waals surface area contributed by atoms with Crippen LogP contribution >= 0.6 is 23.1 Å². The first-order chi connectivity index (χ1) is 14.1. The number of carbonyl (C=O) groups is 1. The minimum absolute atomic E-state index is 0.142. The lowest BCUT2D eigenvalue weighted by Crippen LogP contribution is -2.17. The Morgan fingerprint density at radius 3 is 2.90 bits per heavy atom. The van der Waals surface area contributed by atoms with Crippen LogP contribution in [0.15, 0.2) is 79.6 Å². The molecular weight excluding hydrogens is 412 g/mol. The van der Waals surface area contributed by atoms with Gasteiger partial charge in [0.25, 0.3) is 11.6 Å². The van der Waals surface area contributed by atoms with E-state index in [1.54, 1.807) is 23.5 Å². The van der Waals surface area contributed by atoms with Gasteiger partial charge in [-0.2, -0.15) is 5.10 Å². The van der Waals surface area contributed by atoms with E-state index in [0.717, 1.165) is 14.6 Å². The molecule has 4 rings (SSSR count). The van der Waals surface area contributed by atoms with Crippen LogP contribution in [0.2, 0.25) is 0 Å². The molecule has 144 valence electrons. The van der Waals surface area contributed by atoms with E-state index in [-0.39, 0.29) is 11.3 Å². The normalized spacial score (nSPS) is 11.2. The average molecular weight is 424 g/mol. The third-order valence-electron chi connectivity index (χ3n) is 3.74. The number of carbonyl (C=O) groups excluding carboxylic acids is 1. The molecule has 0 spiro atoms. The van der Waals surface area contributed by atoms with Gasteiger partial charge in [0.2, 0.25) is 0 Å². The summed E-state index contributed by atoms with van der Waals surface area (Å²) in [6.45, 7) is 0. The predicted molar refractivity (Wildman–Crippen MR) is 111 cm³/mol. The number of nitro benzene ring substituents is 1. The van der Waals surface area contributed by atoms with Crippen LogP contribution in [0.1, 0.15) is 16.1 Å². The lowest BCUT2D eigenvalue weighted by atomic mass is 10.2. The molecule has 0 aliphatic carbocycles. The predicted octanol–water partition coefficient (Wildman–Crippen LogP) is 4.71. The molecule has 10 heteroatoms. The molecule has 0 radical (unpaired) electrons. The molecule has 8 nitrogen and oxygen atoms in total. The van der Waals surface area contributed by atoms with Crippen molar-refractivity contribution in [2.24, 2.45) is 5.10 Å². The number of nitro groups is 1. The van der Waals surface area contributed by atoms with Crippen LogP contribution in [-0.4, -0.2) is 22.0 Å². The van der Waals surface area contributed by atoms with Crippen molar-refractivity contribution in [3.05, 3.63) is 82.1 Å². The maximum atomic E-state index is 12.1. The molecule has 2 heterocycles. The summed E-state index contributed by atoms with van der Waals surface area (Å²) in [6, 6.07) is 16.8. The second-order valence-electron chi connectivity index (χ2n) is 5.71. The van der Waals surface area contributed by atoms with Crippen LogP contribution in [-0.2, 0) is 0 Å². The Balaban J connectivity index is 1.38. The van der Waals surface area contributed by atoms with Crippen molar-refractivity contribution in [2.75, 3.05) is 0 Å². The van der Waals surface area contributed by atoms with E-state index >= 15 is 0 Å². The Kier molecular flexibility index (Phi) is 5.36. The zero-order valence-corrected chi connectivity index (χ0v) is 16.3. The minimum Gasteiger partial charge on any atom is -0.448 e. The van der Waals surface area contributed by atoms with Gasteiger partial charge in [0.05, 0.1) is 21.4 Å². The molecule has 2 aromatic carbocycles. The van der Waals surface area contributed by atoms with Crippen LogP contribution in [0.25, 0.3) is 10.2 Å². The SMILES string of the molecule is O=C(NN=Cc1ccc(Sc2nc3ccccc3s2)o1)c1cccc([N+](=O)[O-])c1. The maximum absolute atomic E-state index is 12.1. The highest BCUT2D eigenvalue weighted by molar-refractivity contribution is 8.01. The molecule has 0 fully saturated rings. The van der Waals surface area contributed by atoms with Gasteiger partial charge in [0.15, 0.2) is 9.43 Å². The first-order valence-electron chi connectivity index (χ1n) is 8.29. The number of non-ortho nitro benzene ring substituents is 1. The van der Waals surface area contributed by atoms with Crippen molar-refractivity contribution in [1.29, 1.82) is 0 Å². The number of fused-ring (bicyclic) bond motifs is 1. The molecule has 0 aliphatic rings. The maximum Gasteiger partial charge on any atom is 0.271 e. The lowest BCUT2D eigenvalue weighted by molar-refractivity contribution is -0.384. The number of nitrogens with zero attached hydrogens (tertiary/aromatic N) is 3. The number of hydrazone groups is 1. The van der Waals surface area contributed by atoms with E-state index in [2.05, 4.69) is 15.5 Å².